The van der Waals surface area contributed by atoms with E-state index in [1.54, 1.807) is 6.20 Å². The Hall–Kier alpha value is -1.91. The number of ether oxygens (including phenoxy) is 2. The smallest absolute Gasteiger partial charge is 0.119 e. The van der Waals surface area contributed by atoms with Gasteiger partial charge in [0.15, 0.2) is 0 Å². The summed E-state index contributed by atoms with van der Waals surface area (Å²) in [6.45, 7) is 4.11. The van der Waals surface area contributed by atoms with Crippen molar-refractivity contribution in [1.29, 1.82) is 0 Å². The van der Waals surface area contributed by atoms with Crippen molar-refractivity contribution in [2.45, 2.75) is 12.6 Å². The van der Waals surface area contributed by atoms with Crippen molar-refractivity contribution in [2.75, 3.05) is 26.3 Å². The molecule has 0 N–H and O–H groups in total. The van der Waals surface area contributed by atoms with Crippen LogP contribution in [-0.2, 0) is 11.3 Å². The SMILES string of the molecule is c1ccc(OCC2CN(Cc3cccnc3)CCO2)cc1. The van der Waals surface area contributed by atoms with Gasteiger partial charge in [-0.2, -0.15) is 0 Å². The van der Waals surface area contributed by atoms with Crippen LogP contribution in [-0.4, -0.2) is 42.3 Å². The van der Waals surface area contributed by atoms with Crippen LogP contribution in [0.3, 0.4) is 0 Å². The van der Waals surface area contributed by atoms with Gasteiger partial charge in [-0.3, -0.25) is 9.88 Å². The third kappa shape index (κ3) is 4.28. The number of para-hydroxylation sites is 1. The lowest BCUT2D eigenvalue weighted by atomic mass is 10.2. The Morgan fingerprint density at radius 3 is 2.90 bits per heavy atom. The first-order valence-electron chi connectivity index (χ1n) is 7.31. The largest absolute Gasteiger partial charge is 0.491 e. The van der Waals surface area contributed by atoms with Gasteiger partial charge in [-0.15, -0.1) is 0 Å². The average molecular weight is 284 g/mol. The van der Waals surface area contributed by atoms with Crippen molar-refractivity contribution >= 4 is 0 Å². The molecule has 1 aromatic heterocycles. The fourth-order valence-electron chi connectivity index (χ4n) is 2.48. The predicted molar refractivity (Wildman–Crippen MR) is 81.2 cm³/mol. The highest BCUT2D eigenvalue weighted by atomic mass is 16.5. The highest BCUT2D eigenvalue weighted by molar-refractivity contribution is 5.20. The van der Waals surface area contributed by atoms with Gasteiger partial charge in [-0.1, -0.05) is 24.3 Å². The van der Waals surface area contributed by atoms with Crippen molar-refractivity contribution in [3.8, 4) is 5.75 Å². The van der Waals surface area contributed by atoms with Gasteiger partial charge >= 0.3 is 0 Å². The highest BCUT2D eigenvalue weighted by Crippen LogP contribution is 2.13. The van der Waals surface area contributed by atoms with Gasteiger partial charge in [0.25, 0.3) is 0 Å². The summed E-state index contributed by atoms with van der Waals surface area (Å²) in [5, 5.41) is 0. The van der Waals surface area contributed by atoms with E-state index < -0.39 is 0 Å². The lowest BCUT2D eigenvalue weighted by Crippen LogP contribution is -2.44. The number of hydrogen-bond donors (Lipinski definition) is 0. The van der Waals surface area contributed by atoms with Crippen molar-refractivity contribution in [2.24, 2.45) is 0 Å². The van der Waals surface area contributed by atoms with E-state index in [-0.39, 0.29) is 6.10 Å². The molecule has 1 aromatic carbocycles. The predicted octanol–water partition coefficient (Wildman–Crippen LogP) is 2.36. The first-order chi connectivity index (χ1) is 10.4. The van der Waals surface area contributed by atoms with E-state index in [2.05, 4.69) is 16.0 Å². The molecule has 1 aliphatic heterocycles. The summed E-state index contributed by atoms with van der Waals surface area (Å²) in [6.07, 6.45) is 3.85. The van der Waals surface area contributed by atoms with Gasteiger partial charge in [-0.25, -0.2) is 0 Å². The maximum absolute atomic E-state index is 5.79. The van der Waals surface area contributed by atoms with Crippen molar-refractivity contribution in [3.63, 3.8) is 0 Å². The summed E-state index contributed by atoms with van der Waals surface area (Å²) in [4.78, 5) is 6.55. The van der Waals surface area contributed by atoms with E-state index in [0.29, 0.717) is 6.61 Å². The Kier molecular flexibility index (Phi) is 4.82. The molecule has 1 fully saturated rings. The Morgan fingerprint density at radius 1 is 1.19 bits per heavy atom. The minimum Gasteiger partial charge on any atom is -0.491 e. The number of morpholine rings is 1. The van der Waals surface area contributed by atoms with Crippen LogP contribution in [0.1, 0.15) is 5.56 Å². The molecule has 4 nitrogen and oxygen atoms in total. The third-order valence-corrected chi connectivity index (χ3v) is 3.53. The van der Waals surface area contributed by atoms with Gasteiger partial charge in [0.05, 0.1) is 6.61 Å². The van der Waals surface area contributed by atoms with Crippen LogP contribution in [0.25, 0.3) is 0 Å². The van der Waals surface area contributed by atoms with Gasteiger partial charge in [0.1, 0.15) is 18.5 Å². The molecule has 2 aromatic rings. The number of hydrogen-bond acceptors (Lipinski definition) is 4. The molecule has 0 bridgehead atoms. The van der Waals surface area contributed by atoms with Crippen LogP contribution in [0, 0.1) is 0 Å². The van der Waals surface area contributed by atoms with Crippen molar-refractivity contribution < 1.29 is 9.47 Å². The zero-order chi connectivity index (χ0) is 14.3. The molecule has 1 saturated heterocycles. The first kappa shape index (κ1) is 14.0. The summed E-state index contributed by atoms with van der Waals surface area (Å²) in [7, 11) is 0. The molecule has 2 heterocycles. The normalized spacial score (nSPS) is 19.3. The standard InChI is InChI=1S/C17H20N2O2/c1-2-6-16(7-3-1)21-14-17-13-19(9-10-20-17)12-15-5-4-8-18-11-15/h1-8,11,17H,9-10,12-14H2. The van der Waals surface area contributed by atoms with Gasteiger partial charge in [-0.05, 0) is 23.8 Å². The Morgan fingerprint density at radius 2 is 2.10 bits per heavy atom. The third-order valence-electron chi connectivity index (χ3n) is 3.53. The summed E-state index contributed by atoms with van der Waals surface area (Å²) in [5.74, 6) is 0.894. The van der Waals surface area contributed by atoms with E-state index in [4.69, 9.17) is 9.47 Å². The van der Waals surface area contributed by atoms with E-state index in [0.717, 1.165) is 32.0 Å². The van der Waals surface area contributed by atoms with E-state index in [1.807, 2.05) is 42.6 Å². The molecule has 4 heteroatoms. The number of rotatable bonds is 5. The summed E-state index contributed by atoms with van der Waals surface area (Å²) in [6, 6.07) is 14.0. The quantitative estimate of drug-likeness (QED) is 0.844. The second-order valence-electron chi connectivity index (χ2n) is 5.21. The lowest BCUT2D eigenvalue weighted by molar-refractivity contribution is -0.0504. The molecule has 1 aliphatic rings. The molecule has 0 radical (unpaired) electrons. The summed E-state index contributed by atoms with van der Waals surface area (Å²) in [5.41, 5.74) is 1.24. The topological polar surface area (TPSA) is 34.6 Å². The number of benzene rings is 1. The number of aromatic nitrogens is 1. The maximum Gasteiger partial charge on any atom is 0.119 e. The monoisotopic (exact) mass is 284 g/mol. The molecule has 0 aliphatic carbocycles. The number of pyridine rings is 1. The molecule has 21 heavy (non-hydrogen) atoms. The van der Waals surface area contributed by atoms with E-state index in [9.17, 15) is 0 Å². The van der Waals surface area contributed by atoms with Crippen molar-refractivity contribution in [3.05, 3.63) is 60.4 Å². The van der Waals surface area contributed by atoms with Gasteiger partial charge in [0.2, 0.25) is 0 Å². The van der Waals surface area contributed by atoms with Crippen LogP contribution in [0.15, 0.2) is 54.9 Å². The summed E-state index contributed by atoms with van der Waals surface area (Å²) >= 11 is 0. The maximum atomic E-state index is 5.79. The van der Waals surface area contributed by atoms with Crippen LogP contribution in [0.5, 0.6) is 5.75 Å². The lowest BCUT2D eigenvalue weighted by Gasteiger charge is -2.32. The molecule has 1 unspecified atom stereocenters. The molecule has 0 saturated carbocycles. The molecule has 0 spiro atoms. The minimum atomic E-state index is 0.121. The minimum absolute atomic E-state index is 0.121. The molecular weight excluding hydrogens is 264 g/mol. The highest BCUT2D eigenvalue weighted by Gasteiger charge is 2.21. The van der Waals surface area contributed by atoms with Crippen molar-refractivity contribution in [1.82, 2.24) is 9.88 Å². The Labute approximate surface area is 125 Å². The first-order valence-corrected chi connectivity index (χ1v) is 7.31. The fraction of sp³-hybridized carbons (Fsp3) is 0.353. The van der Waals surface area contributed by atoms with Crippen LogP contribution in [0.4, 0.5) is 0 Å². The second kappa shape index (κ2) is 7.20. The average Bonchev–Trinajstić information content (AvgIpc) is 2.55. The van der Waals surface area contributed by atoms with E-state index >= 15 is 0 Å². The second-order valence-corrected chi connectivity index (χ2v) is 5.21. The zero-order valence-corrected chi connectivity index (χ0v) is 12.0. The van der Waals surface area contributed by atoms with Crippen LogP contribution >= 0.6 is 0 Å². The van der Waals surface area contributed by atoms with Gasteiger partial charge in [0, 0.05) is 32.0 Å². The molecule has 3 rings (SSSR count). The van der Waals surface area contributed by atoms with E-state index in [1.165, 1.54) is 5.56 Å². The Balaban J connectivity index is 1.49. The summed E-state index contributed by atoms with van der Waals surface area (Å²) < 4.78 is 11.6. The van der Waals surface area contributed by atoms with Crippen LogP contribution < -0.4 is 4.74 Å². The van der Waals surface area contributed by atoms with Crippen LogP contribution in [0.2, 0.25) is 0 Å². The molecule has 1 atom stereocenters. The number of nitrogens with zero attached hydrogens (tertiary/aromatic N) is 2. The Bertz CT molecular complexity index is 533. The van der Waals surface area contributed by atoms with Gasteiger partial charge < -0.3 is 9.47 Å². The molecule has 0 amide bonds. The fourth-order valence-corrected chi connectivity index (χ4v) is 2.48. The molecule has 110 valence electrons. The molecular formula is C17H20N2O2. The zero-order valence-electron chi connectivity index (χ0n) is 12.0.